The quantitative estimate of drug-likeness (QED) is 0.803. The number of anilines is 2. The first kappa shape index (κ1) is 15.3. The molecule has 21 heavy (non-hydrogen) atoms. The molecule has 2 heterocycles. The summed E-state index contributed by atoms with van der Waals surface area (Å²) in [6.45, 7) is 1.93. The first-order chi connectivity index (χ1) is 9.99. The van der Waals surface area contributed by atoms with Crippen molar-refractivity contribution >= 4 is 31.9 Å². The van der Waals surface area contributed by atoms with Crippen LogP contribution in [0.2, 0.25) is 0 Å². The molecule has 2 aromatic rings. The Morgan fingerprint density at radius 1 is 1.57 bits per heavy atom. The van der Waals surface area contributed by atoms with Crippen LogP contribution in [-0.2, 0) is 16.3 Å². The molecular weight excluding hydrogens is 314 g/mol. The molecule has 0 atom stereocenters. The number of nitrogens with one attached hydrogen (secondary N) is 1. The van der Waals surface area contributed by atoms with E-state index < -0.39 is 9.84 Å². The number of thiophene rings is 1. The van der Waals surface area contributed by atoms with Gasteiger partial charge in [-0.2, -0.15) is 10.2 Å². The molecule has 0 aliphatic rings. The Kier molecular flexibility index (Phi) is 4.44. The molecule has 3 N–H and O–H groups in total. The number of hydrogen-bond donors (Lipinski definition) is 2. The highest BCUT2D eigenvalue weighted by Gasteiger charge is 2.25. The molecule has 112 valence electrons. The van der Waals surface area contributed by atoms with Gasteiger partial charge in [0.25, 0.3) is 0 Å². The van der Waals surface area contributed by atoms with Crippen LogP contribution in [-0.4, -0.2) is 30.9 Å². The van der Waals surface area contributed by atoms with Crippen LogP contribution < -0.4 is 11.1 Å². The minimum Gasteiger partial charge on any atom is -0.396 e. The minimum absolute atomic E-state index is 0.000313. The van der Waals surface area contributed by atoms with E-state index in [1.807, 2.05) is 6.07 Å². The number of rotatable bonds is 6. The fourth-order valence-electron chi connectivity index (χ4n) is 1.67. The Morgan fingerprint density at radius 3 is 2.90 bits per heavy atom. The number of nitrogens with zero attached hydrogens (tertiary/aromatic N) is 3. The number of aromatic nitrogens is 2. The lowest BCUT2D eigenvalue weighted by atomic mass is 10.4. The average Bonchev–Trinajstić information content (AvgIpc) is 3.07. The van der Waals surface area contributed by atoms with E-state index in [1.54, 1.807) is 0 Å². The predicted octanol–water partition coefficient (Wildman–Crippen LogP) is 1.03. The van der Waals surface area contributed by atoms with Crippen molar-refractivity contribution in [2.45, 2.75) is 18.2 Å². The van der Waals surface area contributed by atoms with Crippen molar-refractivity contribution in [2.75, 3.05) is 23.3 Å². The van der Waals surface area contributed by atoms with Crippen molar-refractivity contribution in [1.29, 1.82) is 5.26 Å². The smallest absolute Gasteiger partial charge is 0.213 e. The predicted molar refractivity (Wildman–Crippen MR) is 77.7 cm³/mol. The van der Waals surface area contributed by atoms with E-state index in [4.69, 9.17) is 11.0 Å². The van der Waals surface area contributed by atoms with Gasteiger partial charge in [0.1, 0.15) is 20.8 Å². The van der Waals surface area contributed by atoms with Crippen LogP contribution in [0.15, 0.2) is 15.8 Å². The summed E-state index contributed by atoms with van der Waals surface area (Å²) in [5.41, 5.74) is 5.78. The van der Waals surface area contributed by atoms with Gasteiger partial charge in [-0.15, -0.1) is 11.3 Å². The monoisotopic (exact) mass is 327 g/mol. The van der Waals surface area contributed by atoms with Crippen LogP contribution in [0, 0.1) is 11.3 Å². The zero-order valence-electron chi connectivity index (χ0n) is 11.2. The first-order valence-electron chi connectivity index (χ1n) is 6.03. The third-order valence-electron chi connectivity index (χ3n) is 2.73. The Bertz CT molecular complexity index is 759. The standard InChI is InChI=1S/C11H13N5O3S2/c1-2-21(17,18)10-9(13)7(5-12)20-11(10)14-4-3-8-15-6-19-16-8/h6,14H,2-4,13H2,1H3. The highest BCUT2D eigenvalue weighted by atomic mass is 32.2. The Balaban J connectivity index is 2.24. The van der Waals surface area contributed by atoms with Crippen molar-refractivity contribution < 1.29 is 12.9 Å². The summed E-state index contributed by atoms with van der Waals surface area (Å²) in [5, 5.41) is 16.0. The fraction of sp³-hybridized carbons (Fsp3) is 0.364. The molecule has 0 aromatic carbocycles. The lowest BCUT2D eigenvalue weighted by Gasteiger charge is -2.06. The lowest BCUT2D eigenvalue weighted by molar-refractivity contribution is 0.410. The van der Waals surface area contributed by atoms with Gasteiger partial charge in [0.2, 0.25) is 6.39 Å². The number of nitrogens with two attached hydrogens (primary N) is 1. The highest BCUT2D eigenvalue weighted by molar-refractivity contribution is 7.91. The van der Waals surface area contributed by atoms with Gasteiger partial charge < -0.3 is 15.6 Å². The van der Waals surface area contributed by atoms with E-state index >= 15 is 0 Å². The van der Waals surface area contributed by atoms with E-state index in [0.717, 1.165) is 11.3 Å². The molecule has 0 unspecified atom stereocenters. The van der Waals surface area contributed by atoms with E-state index in [9.17, 15) is 8.42 Å². The summed E-state index contributed by atoms with van der Waals surface area (Å²) >= 11 is 1.02. The van der Waals surface area contributed by atoms with E-state index in [2.05, 4.69) is 20.0 Å². The molecule has 2 aromatic heterocycles. The third kappa shape index (κ3) is 3.14. The van der Waals surface area contributed by atoms with Gasteiger partial charge >= 0.3 is 0 Å². The second kappa shape index (κ2) is 6.11. The Hall–Kier alpha value is -2.12. The van der Waals surface area contributed by atoms with E-state index in [-0.39, 0.29) is 21.2 Å². The summed E-state index contributed by atoms with van der Waals surface area (Å²) in [5.74, 6) is 0.422. The minimum atomic E-state index is -3.51. The van der Waals surface area contributed by atoms with Gasteiger partial charge in [-0.3, -0.25) is 0 Å². The van der Waals surface area contributed by atoms with Crippen LogP contribution in [0.25, 0.3) is 0 Å². The first-order valence-corrected chi connectivity index (χ1v) is 8.50. The molecular formula is C11H13N5O3S2. The molecule has 2 rings (SSSR count). The SMILES string of the molecule is CCS(=O)(=O)c1c(NCCc2ncon2)sc(C#N)c1N. The molecule has 0 radical (unpaired) electrons. The molecule has 0 fully saturated rings. The second-order valence-electron chi connectivity index (χ2n) is 4.04. The molecule has 0 saturated heterocycles. The maximum absolute atomic E-state index is 12.1. The third-order valence-corrected chi connectivity index (χ3v) is 5.74. The molecule has 0 spiro atoms. The van der Waals surface area contributed by atoms with Gasteiger partial charge in [0.05, 0.1) is 11.4 Å². The zero-order valence-corrected chi connectivity index (χ0v) is 12.8. The largest absolute Gasteiger partial charge is 0.396 e. The second-order valence-corrected chi connectivity index (χ2v) is 7.28. The van der Waals surface area contributed by atoms with Gasteiger partial charge in [-0.1, -0.05) is 12.1 Å². The molecule has 0 aliphatic carbocycles. The van der Waals surface area contributed by atoms with Crippen LogP contribution in [0.5, 0.6) is 0 Å². The molecule has 0 saturated carbocycles. The summed E-state index contributed by atoms with van der Waals surface area (Å²) in [6.07, 6.45) is 1.68. The maximum atomic E-state index is 12.1. The molecule has 10 heteroatoms. The van der Waals surface area contributed by atoms with Gasteiger partial charge in [0.15, 0.2) is 15.7 Å². The maximum Gasteiger partial charge on any atom is 0.213 e. The molecule has 0 amide bonds. The van der Waals surface area contributed by atoms with Crippen LogP contribution >= 0.6 is 11.3 Å². The highest BCUT2D eigenvalue weighted by Crippen LogP contribution is 2.39. The zero-order chi connectivity index (χ0) is 15.5. The lowest BCUT2D eigenvalue weighted by Crippen LogP contribution is -2.11. The van der Waals surface area contributed by atoms with Crippen molar-refractivity contribution in [2.24, 2.45) is 0 Å². The number of sulfone groups is 1. The van der Waals surface area contributed by atoms with E-state index in [1.165, 1.54) is 13.3 Å². The van der Waals surface area contributed by atoms with Crippen LogP contribution in [0.1, 0.15) is 17.6 Å². The van der Waals surface area contributed by atoms with Crippen molar-refractivity contribution in [3.8, 4) is 6.07 Å². The van der Waals surface area contributed by atoms with Gasteiger partial charge in [0, 0.05) is 13.0 Å². The summed E-state index contributed by atoms with van der Waals surface area (Å²) in [4.78, 5) is 4.05. The Morgan fingerprint density at radius 2 is 2.33 bits per heavy atom. The summed E-state index contributed by atoms with van der Waals surface area (Å²) in [7, 11) is -3.51. The number of hydrogen-bond acceptors (Lipinski definition) is 9. The molecule has 8 nitrogen and oxygen atoms in total. The van der Waals surface area contributed by atoms with Gasteiger partial charge in [-0.05, 0) is 0 Å². The summed E-state index contributed by atoms with van der Waals surface area (Å²) in [6, 6.07) is 1.91. The number of nitrogen functional groups attached to an aromatic ring is 1. The van der Waals surface area contributed by atoms with Crippen molar-refractivity contribution in [1.82, 2.24) is 10.1 Å². The van der Waals surface area contributed by atoms with Crippen LogP contribution in [0.4, 0.5) is 10.7 Å². The molecule has 0 aliphatic heterocycles. The molecule has 0 bridgehead atoms. The average molecular weight is 327 g/mol. The Labute approximate surface area is 125 Å². The summed E-state index contributed by atoms with van der Waals surface area (Å²) < 4.78 is 28.8. The van der Waals surface area contributed by atoms with Gasteiger partial charge in [-0.25, -0.2) is 8.42 Å². The van der Waals surface area contributed by atoms with E-state index in [0.29, 0.717) is 23.8 Å². The van der Waals surface area contributed by atoms with Crippen molar-refractivity contribution in [3.63, 3.8) is 0 Å². The topological polar surface area (TPSA) is 135 Å². The van der Waals surface area contributed by atoms with Crippen molar-refractivity contribution in [3.05, 3.63) is 17.1 Å². The normalized spacial score (nSPS) is 11.2. The van der Waals surface area contributed by atoms with Crippen LogP contribution in [0.3, 0.4) is 0 Å². The number of nitriles is 1. The fourth-order valence-corrected chi connectivity index (χ4v) is 4.16.